The van der Waals surface area contributed by atoms with Gasteiger partial charge in [0.2, 0.25) is 11.7 Å². The first kappa shape index (κ1) is 27.3. The van der Waals surface area contributed by atoms with Crippen molar-refractivity contribution in [2.45, 2.75) is 19.9 Å². The van der Waals surface area contributed by atoms with Crippen molar-refractivity contribution in [1.82, 2.24) is 4.98 Å². The molecule has 1 heterocycles. The first-order valence-electron chi connectivity index (χ1n) is 11.9. The summed E-state index contributed by atoms with van der Waals surface area (Å²) in [5.74, 6) is -1.39. The van der Waals surface area contributed by atoms with Crippen molar-refractivity contribution in [3.05, 3.63) is 94.6 Å². The maximum Gasteiger partial charge on any atom is 0.262 e. The minimum atomic E-state index is -0.844. The molecule has 1 aromatic heterocycles. The molecule has 0 unspecified atom stereocenters. The molecule has 0 fully saturated rings. The smallest absolute Gasteiger partial charge is 0.262 e. The van der Waals surface area contributed by atoms with Gasteiger partial charge in [-0.25, -0.2) is 9.37 Å². The highest BCUT2D eigenvalue weighted by Gasteiger charge is 2.27. The molecule has 0 saturated heterocycles. The van der Waals surface area contributed by atoms with E-state index in [1.54, 1.807) is 37.3 Å². The molecule has 2 amide bonds. The van der Waals surface area contributed by atoms with Crippen LogP contribution in [0.3, 0.4) is 0 Å². The van der Waals surface area contributed by atoms with Crippen molar-refractivity contribution in [2.24, 2.45) is 5.73 Å². The molecule has 0 radical (unpaired) electrons. The Kier molecular flexibility index (Phi) is 8.21. The molecular formula is C28H26FN5O4S. The summed E-state index contributed by atoms with van der Waals surface area (Å²) < 4.78 is 19.0. The van der Waals surface area contributed by atoms with Gasteiger partial charge in [0.15, 0.2) is 11.7 Å². The maximum absolute atomic E-state index is 13.5. The fraction of sp³-hybridized carbons (Fsp3) is 0.143. The van der Waals surface area contributed by atoms with Crippen LogP contribution < -0.4 is 26.4 Å². The number of amides is 2. The summed E-state index contributed by atoms with van der Waals surface area (Å²) in [6.07, 6.45) is 0. The number of nitrogens with zero attached hydrogens (tertiary/aromatic N) is 2. The molecule has 0 saturated carbocycles. The van der Waals surface area contributed by atoms with Crippen molar-refractivity contribution in [2.75, 3.05) is 22.6 Å². The number of rotatable bonds is 10. The summed E-state index contributed by atoms with van der Waals surface area (Å²) in [6.45, 7) is 3.30. The molecular weight excluding hydrogens is 521 g/mol. The molecule has 200 valence electrons. The van der Waals surface area contributed by atoms with Gasteiger partial charge < -0.3 is 26.4 Å². The number of aryl methyl sites for hydroxylation is 1. The van der Waals surface area contributed by atoms with Crippen LogP contribution in [0.15, 0.2) is 72.8 Å². The van der Waals surface area contributed by atoms with Crippen LogP contribution >= 0.6 is 11.3 Å². The normalized spacial score (nSPS) is 11.5. The average molecular weight is 548 g/mol. The lowest BCUT2D eigenvalue weighted by Crippen LogP contribution is -2.39. The number of carbonyl (C=O) groups is 3. The van der Waals surface area contributed by atoms with E-state index in [0.717, 1.165) is 16.9 Å². The second-order valence-electron chi connectivity index (χ2n) is 8.70. The summed E-state index contributed by atoms with van der Waals surface area (Å²) >= 11 is 0.990. The van der Waals surface area contributed by atoms with E-state index in [1.807, 2.05) is 25.1 Å². The van der Waals surface area contributed by atoms with Gasteiger partial charge in [-0.15, -0.1) is 0 Å². The van der Waals surface area contributed by atoms with Crippen molar-refractivity contribution in [3.63, 3.8) is 0 Å². The molecule has 0 aliphatic carbocycles. The SMILES string of the molecule is Cc1cccc(NC(=O)COc2ccc(C(=O)c3sc(N(c4ccc(F)cc4)[C@H](C)C(N)=O)nc3N)cc2)c1. The van der Waals surface area contributed by atoms with Crippen molar-refractivity contribution >= 4 is 51.3 Å². The number of hydrogen-bond acceptors (Lipinski definition) is 8. The minimum Gasteiger partial charge on any atom is -0.484 e. The van der Waals surface area contributed by atoms with E-state index in [1.165, 1.54) is 29.2 Å². The maximum atomic E-state index is 13.5. The largest absolute Gasteiger partial charge is 0.484 e. The van der Waals surface area contributed by atoms with Gasteiger partial charge in [0.1, 0.15) is 28.3 Å². The number of hydrogen-bond donors (Lipinski definition) is 3. The predicted octanol–water partition coefficient (Wildman–Crippen LogP) is 4.43. The molecule has 0 aliphatic rings. The number of nitrogens with one attached hydrogen (secondary N) is 1. The second kappa shape index (κ2) is 11.7. The molecule has 5 N–H and O–H groups in total. The quantitative estimate of drug-likeness (QED) is 0.249. The van der Waals surface area contributed by atoms with E-state index >= 15 is 0 Å². The van der Waals surface area contributed by atoms with E-state index in [0.29, 0.717) is 22.7 Å². The van der Waals surface area contributed by atoms with E-state index in [4.69, 9.17) is 16.2 Å². The lowest BCUT2D eigenvalue weighted by atomic mass is 10.1. The zero-order valence-corrected chi connectivity index (χ0v) is 22.0. The Bertz CT molecular complexity index is 1510. The third-order valence-corrected chi connectivity index (χ3v) is 6.82. The Morgan fingerprint density at radius 2 is 1.77 bits per heavy atom. The molecule has 39 heavy (non-hydrogen) atoms. The number of nitrogens with two attached hydrogens (primary N) is 2. The van der Waals surface area contributed by atoms with Gasteiger partial charge in [0.25, 0.3) is 5.91 Å². The topological polar surface area (TPSA) is 141 Å². The van der Waals surface area contributed by atoms with Gasteiger partial charge >= 0.3 is 0 Å². The molecule has 0 spiro atoms. The zero-order valence-electron chi connectivity index (χ0n) is 21.2. The molecule has 11 heteroatoms. The van der Waals surface area contributed by atoms with Crippen LogP contribution in [0.1, 0.15) is 27.7 Å². The Morgan fingerprint density at radius 3 is 2.41 bits per heavy atom. The predicted molar refractivity (Wildman–Crippen MR) is 149 cm³/mol. The highest BCUT2D eigenvalue weighted by Crippen LogP contribution is 2.36. The number of carbonyl (C=O) groups excluding carboxylic acids is 3. The second-order valence-corrected chi connectivity index (χ2v) is 9.67. The molecule has 4 rings (SSSR count). The number of benzene rings is 3. The first-order chi connectivity index (χ1) is 18.6. The van der Waals surface area contributed by atoms with E-state index in [-0.39, 0.29) is 34.1 Å². The Morgan fingerprint density at radius 1 is 1.08 bits per heavy atom. The first-order valence-corrected chi connectivity index (χ1v) is 12.7. The van der Waals surface area contributed by atoms with Crippen LogP contribution in [0.5, 0.6) is 5.75 Å². The highest BCUT2D eigenvalue weighted by atomic mass is 32.1. The number of anilines is 4. The van der Waals surface area contributed by atoms with Gasteiger partial charge in [-0.3, -0.25) is 14.4 Å². The minimum absolute atomic E-state index is 0.0167. The van der Waals surface area contributed by atoms with Crippen LogP contribution in [0.25, 0.3) is 0 Å². The van der Waals surface area contributed by atoms with Crippen LogP contribution in [0.4, 0.5) is 26.7 Å². The summed E-state index contributed by atoms with van der Waals surface area (Å²) in [5.41, 5.74) is 14.1. The third-order valence-electron chi connectivity index (χ3n) is 5.75. The Labute approximate surface area is 228 Å². The van der Waals surface area contributed by atoms with Crippen molar-refractivity contribution < 1.29 is 23.5 Å². The summed E-state index contributed by atoms with van der Waals surface area (Å²) in [6, 6.07) is 18.3. The van der Waals surface area contributed by atoms with Gasteiger partial charge in [-0.05, 0) is 80.1 Å². The lowest BCUT2D eigenvalue weighted by molar-refractivity contribution is -0.119. The standard InChI is InChI=1S/C28H26FN5O4S/c1-16-4-3-5-20(14-16)32-23(35)15-38-22-12-6-18(7-13-22)24(36)25-26(30)33-28(39-25)34(17(2)27(31)37)21-10-8-19(29)9-11-21/h3-14,17H,15,30H2,1-2H3,(H2,31,37)(H,32,35)/t17-/m1/s1. The van der Waals surface area contributed by atoms with Gasteiger partial charge in [-0.2, -0.15) is 0 Å². The van der Waals surface area contributed by atoms with E-state index in [2.05, 4.69) is 10.3 Å². The van der Waals surface area contributed by atoms with Gasteiger partial charge in [0.05, 0.1) is 0 Å². The number of halogens is 1. The lowest BCUT2D eigenvalue weighted by Gasteiger charge is -2.26. The highest BCUT2D eigenvalue weighted by molar-refractivity contribution is 7.18. The van der Waals surface area contributed by atoms with Crippen molar-refractivity contribution in [3.8, 4) is 5.75 Å². The number of nitrogen functional groups attached to an aromatic ring is 1. The summed E-state index contributed by atoms with van der Waals surface area (Å²) in [5, 5.41) is 3.02. The molecule has 9 nitrogen and oxygen atoms in total. The number of thiazole rings is 1. The van der Waals surface area contributed by atoms with Gasteiger partial charge in [-0.1, -0.05) is 23.5 Å². The number of aromatic nitrogens is 1. The Balaban J connectivity index is 1.47. The van der Waals surface area contributed by atoms with Crippen LogP contribution in [0, 0.1) is 12.7 Å². The fourth-order valence-corrected chi connectivity index (χ4v) is 4.77. The van der Waals surface area contributed by atoms with Crippen LogP contribution in [0.2, 0.25) is 0 Å². The zero-order chi connectivity index (χ0) is 28.1. The van der Waals surface area contributed by atoms with E-state index < -0.39 is 17.8 Å². The van der Waals surface area contributed by atoms with Gasteiger partial charge in [0, 0.05) is 16.9 Å². The molecule has 1 atom stereocenters. The molecule has 0 bridgehead atoms. The summed E-state index contributed by atoms with van der Waals surface area (Å²) in [4.78, 5) is 43.4. The number of ketones is 1. The third kappa shape index (κ3) is 6.57. The van der Waals surface area contributed by atoms with E-state index in [9.17, 15) is 18.8 Å². The van der Waals surface area contributed by atoms with Crippen LogP contribution in [-0.4, -0.2) is 35.2 Å². The molecule has 4 aromatic rings. The molecule has 3 aromatic carbocycles. The Hall–Kier alpha value is -4.77. The monoisotopic (exact) mass is 547 g/mol. The number of primary amides is 1. The molecule has 0 aliphatic heterocycles. The number of ether oxygens (including phenoxy) is 1. The fourth-order valence-electron chi connectivity index (χ4n) is 3.72. The average Bonchev–Trinajstić information content (AvgIpc) is 3.29. The summed E-state index contributed by atoms with van der Waals surface area (Å²) in [7, 11) is 0. The van der Waals surface area contributed by atoms with Crippen LogP contribution in [-0.2, 0) is 9.59 Å². The van der Waals surface area contributed by atoms with Crippen molar-refractivity contribution in [1.29, 1.82) is 0 Å².